The summed E-state index contributed by atoms with van der Waals surface area (Å²) in [5, 5.41) is 13.5. The van der Waals surface area contributed by atoms with Gasteiger partial charge in [-0.1, -0.05) is 38.3 Å². The molecule has 0 bridgehead atoms. The number of allylic oxidation sites excluding steroid dienone is 1. The highest BCUT2D eigenvalue weighted by Crippen LogP contribution is 2.27. The van der Waals surface area contributed by atoms with Gasteiger partial charge in [0.15, 0.2) is 5.78 Å². The van der Waals surface area contributed by atoms with Crippen molar-refractivity contribution in [1.82, 2.24) is 20.6 Å². The summed E-state index contributed by atoms with van der Waals surface area (Å²) in [5.41, 5.74) is 6.07. The number of benzene rings is 2. The molecule has 0 radical (unpaired) electrons. The van der Waals surface area contributed by atoms with Crippen LogP contribution in [0.5, 0.6) is 5.75 Å². The minimum atomic E-state index is -0.533. The molecule has 9 heteroatoms. The van der Waals surface area contributed by atoms with Gasteiger partial charge in [-0.05, 0) is 54.5 Å². The molecular weight excluding hydrogens is 434 g/mol. The molecule has 0 aliphatic rings. The van der Waals surface area contributed by atoms with E-state index in [1.165, 1.54) is 19.3 Å². The van der Waals surface area contributed by atoms with E-state index >= 15 is 0 Å². The SMILES string of the molecule is CCCCCCC=COc1ccc(C(=O)c2cccc3oc(-c4nn[nH]n4)c(N)c(=O)c23)cc1. The molecule has 4 aromatic rings. The van der Waals surface area contributed by atoms with Crippen molar-refractivity contribution in [2.45, 2.75) is 39.0 Å². The number of anilines is 1. The Hall–Kier alpha value is -4.27. The monoisotopic (exact) mass is 459 g/mol. The average molecular weight is 460 g/mol. The standard InChI is InChI=1S/C25H25N5O4/c1-2-3-4-5-6-7-15-33-17-13-11-16(12-14-17)22(31)18-9-8-10-19-20(18)23(32)21(26)24(34-19)25-27-29-30-28-25/h7-15H,2-6,26H2,1H3,(H,27,28,29,30). The number of fused-ring (bicyclic) bond motifs is 1. The van der Waals surface area contributed by atoms with Crippen molar-refractivity contribution in [2.75, 3.05) is 5.73 Å². The third-order valence-electron chi connectivity index (χ3n) is 5.39. The molecule has 0 amide bonds. The molecule has 2 aromatic carbocycles. The summed E-state index contributed by atoms with van der Waals surface area (Å²) in [5.74, 6) is 0.338. The van der Waals surface area contributed by atoms with Crippen molar-refractivity contribution in [2.24, 2.45) is 0 Å². The van der Waals surface area contributed by atoms with E-state index in [1.54, 1.807) is 48.7 Å². The van der Waals surface area contributed by atoms with Crippen molar-refractivity contribution in [3.63, 3.8) is 0 Å². The zero-order valence-electron chi connectivity index (χ0n) is 18.8. The molecule has 0 saturated heterocycles. The Morgan fingerprint density at radius 1 is 1.15 bits per heavy atom. The fourth-order valence-corrected chi connectivity index (χ4v) is 3.59. The number of H-pyrrole nitrogens is 1. The Labute approximate surface area is 195 Å². The number of ketones is 1. The smallest absolute Gasteiger partial charge is 0.242 e. The molecule has 0 aliphatic heterocycles. The molecule has 2 aromatic heterocycles. The summed E-state index contributed by atoms with van der Waals surface area (Å²) in [6, 6.07) is 11.5. The second kappa shape index (κ2) is 10.6. The van der Waals surface area contributed by atoms with Crippen LogP contribution in [0.3, 0.4) is 0 Å². The predicted molar refractivity (Wildman–Crippen MR) is 128 cm³/mol. The topological polar surface area (TPSA) is 137 Å². The number of carbonyl (C=O) groups is 1. The van der Waals surface area contributed by atoms with Gasteiger partial charge < -0.3 is 14.9 Å². The summed E-state index contributed by atoms with van der Waals surface area (Å²) in [4.78, 5) is 26.3. The number of nitrogen functional groups attached to an aromatic ring is 1. The van der Waals surface area contributed by atoms with E-state index in [2.05, 4.69) is 27.5 Å². The van der Waals surface area contributed by atoms with Gasteiger partial charge in [-0.25, -0.2) is 0 Å². The lowest BCUT2D eigenvalue weighted by Gasteiger charge is -2.08. The lowest BCUT2D eigenvalue weighted by molar-refractivity contribution is 0.104. The molecule has 174 valence electrons. The lowest BCUT2D eigenvalue weighted by atomic mass is 9.98. The summed E-state index contributed by atoms with van der Waals surface area (Å²) in [6.07, 6.45) is 9.45. The number of nitrogens with two attached hydrogens (primary N) is 1. The van der Waals surface area contributed by atoms with Gasteiger partial charge in [0.05, 0.1) is 11.6 Å². The second-order valence-electron chi connectivity index (χ2n) is 7.78. The Bertz CT molecular complexity index is 1360. The molecule has 0 saturated carbocycles. The van der Waals surface area contributed by atoms with Gasteiger partial charge in [-0.15, -0.1) is 10.2 Å². The average Bonchev–Trinajstić information content (AvgIpc) is 3.40. The van der Waals surface area contributed by atoms with Crippen LogP contribution >= 0.6 is 0 Å². The highest BCUT2D eigenvalue weighted by Gasteiger charge is 2.21. The molecule has 0 spiro atoms. The molecule has 34 heavy (non-hydrogen) atoms. The molecule has 3 N–H and O–H groups in total. The number of nitrogens with one attached hydrogen (secondary N) is 1. The van der Waals surface area contributed by atoms with Crippen LogP contribution in [0, 0.1) is 0 Å². The Morgan fingerprint density at radius 3 is 2.71 bits per heavy atom. The molecule has 0 atom stereocenters. The van der Waals surface area contributed by atoms with Crippen molar-refractivity contribution in [3.05, 3.63) is 76.2 Å². The first-order valence-electron chi connectivity index (χ1n) is 11.2. The first kappa shape index (κ1) is 22.9. The number of ether oxygens (including phenoxy) is 1. The number of unbranched alkanes of at least 4 members (excludes halogenated alkanes) is 4. The van der Waals surface area contributed by atoms with Gasteiger partial charge in [0.1, 0.15) is 17.0 Å². The van der Waals surface area contributed by atoms with Crippen molar-refractivity contribution in [3.8, 4) is 17.3 Å². The van der Waals surface area contributed by atoms with Crippen LogP contribution in [0.1, 0.15) is 54.9 Å². The summed E-state index contributed by atoms with van der Waals surface area (Å²) in [7, 11) is 0. The van der Waals surface area contributed by atoms with E-state index in [4.69, 9.17) is 14.9 Å². The zero-order chi connectivity index (χ0) is 23.9. The van der Waals surface area contributed by atoms with Crippen LogP contribution < -0.4 is 15.9 Å². The molecule has 0 fully saturated rings. The Morgan fingerprint density at radius 2 is 1.97 bits per heavy atom. The minimum Gasteiger partial charge on any atom is -0.465 e. The van der Waals surface area contributed by atoms with Crippen molar-refractivity contribution in [1.29, 1.82) is 0 Å². The quantitative estimate of drug-likeness (QED) is 0.199. The maximum Gasteiger partial charge on any atom is 0.242 e. The summed E-state index contributed by atoms with van der Waals surface area (Å²) in [6.45, 7) is 2.19. The number of aromatic amines is 1. The maximum absolute atomic E-state index is 13.2. The van der Waals surface area contributed by atoms with Gasteiger partial charge >= 0.3 is 0 Å². The van der Waals surface area contributed by atoms with Crippen LogP contribution in [-0.4, -0.2) is 26.4 Å². The fourth-order valence-electron chi connectivity index (χ4n) is 3.59. The van der Waals surface area contributed by atoms with E-state index in [0.29, 0.717) is 11.3 Å². The third kappa shape index (κ3) is 4.88. The van der Waals surface area contributed by atoms with Crippen LogP contribution in [0.15, 0.2) is 64.0 Å². The van der Waals surface area contributed by atoms with Gasteiger partial charge in [0, 0.05) is 11.1 Å². The number of hydrogen-bond donors (Lipinski definition) is 2. The largest absolute Gasteiger partial charge is 0.465 e. The molecule has 2 heterocycles. The number of aromatic nitrogens is 4. The van der Waals surface area contributed by atoms with Gasteiger partial charge in [0.25, 0.3) is 0 Å². The predicted octanol–water partition coefficient (Wildman–Crippen LogP) is 4.65. The molecule has 4 rings (SSSR count). The van der Waals surface area contributed by atoms with Gasteiger partial charge in [-0.2, -0.15) is 5.21 Å². The van der Waals surface area contributed by atoms with Crippen LogP contribution in [0.4, 0.5) is 5.69 Å². The fraction of sp³-hybridized carbons (Fsp3) is 0.240. The number of nitrogens with zero attached hydrogens (tertiary/aromatic N) is 3. The van der Waals surface area contributed by atoms with Gasteiger partial charge in [-0.3, -0.25) is 9.59 Å². The number of hydrogen-bond acceptors (Lipinski definition) is 8. The highest BCUT2D eigenvalue weighted by molar-refractivity contribution is 6.16. The zero-order valence-corrected chi connectivity index (χ0v) is 18.8. The van der Waals surface area contributed by atoms with E-state index in [9.17, 15) is 9.59 Å². The summed E-state index contributed by atoms with van der Waals surface area (Å²) >= 11 is 0. The second-order valence-corrected chi connectivity index (χ2v) is 7.78. The van der Waals surface area contributed by atoms with E-state index in [-0.39, 0.29) is 39.6 Å². The summed E-state index contributed by atoms with van der Waals surface area (Å²) < 4.78 is 11.4. The third-order valence-corrected chi connectivity index (χ3v) is 5.39. The van der Waals surface area contributed by atoms with E-state index in [0.717, 1.165) is 12.8 Å². The molecular formula is C25H25N5O4. The lowest BCUT2D eigenvalue weighted by Crippen LogP contribution is -2.14. The minimum absolute atomic E-state index is 0.00392. The first-order chi connectivity index (χ1) is 16.6. The first-order valence-corrected chi connectivity index (χ1v) is 11.2. The molecule has 0 aliphatic carbocycles. The van der Waals surface area contributed by atoms with Crippen molar-refractivity contribution < 1.29 is 13.9 Å². The van der Waals surface area contributed by atoms with Crippen LogP contribution in [0.2, 0.25) is 0 Å². The number of carbonyl (C=O) groups excluding carboxylic acids is 1. The Balaban J connectivity index is 1.54. The van der Waals surface area contributed by atoms with Crippen LogP contribution in [0.25, 0.3) is 22.6 Å². The highest BCUT2D eigenvalue weighted by atomic mass is 16.5. The van der Waals surface area contributed by atoms with E-state index < -0.39 is 5.43 Å². The van der Waals surface area contributed by atoms with Gasteiger partial charge in [0.2, 0.25) is 17.0 Å². The van der Waals surface area contributed by atoms with Crippen LogP contribution in [-0.2, 0) is 0 Å². The van der Waals surface area contributed by atoms with Crippen molar-refractivity contribution >= 4 is 22.4 Å². The number of rotatable bonds is 10. The maximum atomic E-state index is 13.2. The normalized spacial score (nSPS) is 11.3. The Kier molecular flexibility index (Phi) is 7.12. The molecule has 9 nitrogen and oxygen atoms in total. The molecule has 0 unspecified atom stereocenters. The van der Waals surface area contributed by atoms with E-state index in [1.807, 2.05) is 6.08 Å². The number of tetrazole rings is 1.